The third kappa shape index (κ3) is 2.38. The molecular weight excluding hydrogens is 226 g/mol. The molecule has 18 heavy (non-hydrogen) atoms. The fourth-order valence-corrected chi connectivity index (χ4v) is 3.03. The lowest BCUT2D eigenvalue weighted by Crippen LogP contribution is -2.46. The zero-order valence-electron chi connectivity index (χ0n) is 11.6. The Hall–Kier alpha value is -1.06. The second-order valence-electron chi connectivity index (χ2n) is 5.46. The van der Waals surface area contributed by atoms with Crippen molar-refractivity contribution >= 4 is 0 Å². The minimum atomic E-state index is -0.107. The van der Waals surface area contributed by atoms with E-state index < -0.39 is 0 Å². The number of likely N-dealkylation sites (N-methyl/N-ethyl adjacent to an activating group) is 1. The van der Waals surface area contributed by atoms with Crippen LogP contribution < -0.4 is 4.74 Å². The van der Waals surface area contributed by atoms with Gasteiger partial charge in [-0.25, -0.2) is 0 Å². The molecule has 1 aromatic carbocycles. The van der Waals surface area contributed by atoms with E-state index in [2.05, 4.69) is 31.0 Å². The van der Waals surface area contributed by atoms with E-state index >= 15 is 0 Å². The van der Waals surface area contributed by atoms with Crippen LogP contribution in [0.3, 0.4) is 0 Å². The molecule has 1 fully saturated rings. The van der Waals surface area contributed by atoms with Crippen LogP contribution in [0.2, 0.25) is 0 Å². The van der Waals surface area contributed by atoms with Crippen molar-refractivity contribution in [3.63, 3.8) is 0 Å². The van der Waals surface area contributed by atoms with Crippen molar-refractivity contribution in [2.45, 2.75) is 25.2 Å². The van der Waals surface area contributed by atoms with Gasteiger partial charge in [0.2, 0.25) is 0 Å². The average molecular weight is 249 g/mol. The summed E-state index contributed by atoms with van der Waals surface area (Å²) in [5, 5.41) is 9.87. The molecular formula is C15H23NO2. The van der Waals surface area contributed by atoms with Gasteiger partial charge in [0.1, 0.15) is 5.75 Å². The molecule has 0 saturated carbocycles. The molecule has 1 N–H and O–H groups in total. The molecule has 0 spiro atoms. The van der Waals surface area contributed by atoms with Gasteiger partial charge < -0.3 is 14.7 Å². The first kappa shape index (κ1) is 13.4. The smallest absolute Gasteiger partial charge is 0.121 e. The van der Waals surface area contributed by atoms with Crippen molar-refractivity contribution in [3.05, 3.63) is 29.3 Å². The maximum absolute atomic E-state index is 9.87. The summed E-state index contributed by atoms with van der Waals surface area (Å²) < 4.78 is 5.30. The highest BCUT2D eigenvalue weighted by Crippen LogP contribution is 2.35. The second-order valence-corrected chi connectivity index (χ2v) is 5.46. The Bertz CT molecular complexity index is 419. The van der Waals surface area contributed by atoms with E-state index in [1.54, 1.807) is 7.11 Å². The van der Waals surface area contributed by atoms with Crippen LogP contribution >= 0.6 is 0 Å². The Morgan fingerprint density at radius 2 is 2.22 bits per heavy atom. The van der Waals surface area contributed by atoms with Crippen LogP contribution in [0.1, 0.15) is 24.0 Å². The largest absolute Gasteiger partial charge is 0.496 e. The van der Waals surface area contributed by atoms with E-state index in [0.717, 1.165) is 37.2 Å². The summed E-state index contributed by atoms with van der Waals surface area (Å²) in [7, 11) is 3.82. The van der Waals surface area contributed by atoms with Crippen LogP contribution in [-0.2, 0) is 5.41 Å². The molecule has 1 atom stereocenters. The molecule has 0 aliphatic carbocycles. The van der Waals surface area contributed by atoms with Crippen LogP contribution in [0.5, 0.6) is 5.75 Å². The number of benzene rings is 1. The van der Waals surface area contributed by atoms with Gasteiger partial charge in [-0.05, 0) is 50.6 Å². The molecule has 1 saturated heterocycles. The van der Waals surface area contributed by atoms with Crippen molar-refractivity contribution in [2.75, 3.05) is 33.9 Å². The highest BCUT2D eigenvalue weighted by atomic mass is 16.5. The maximum Gasteiger partial charge on any atom is 0.121 e. The highest BCUT2D eigenvalue weighted by molar-refractivity contribution is 5.40. The standard InChI is InChI=1S/C15H23NO2/c1-12-9-13(5-6-14(12)18-3)15(11-17)7-4-8-16(2)10-15/h5-6,9,17H,4,7-8,10-11H2,1-3H3. The summed E-state index contributed by atoms with van der Waals surface area (Å²) in [6.45, 7) is 4.31. The maximum atomic E-state index is 9.87. The van der Waals surface area contributed by atoms with Crippen molar-refractivity contribution in [2.24, 2.45) is 0 Å². The van der Waals surface area contributed by atoms with Crippen LogP contribution in [0.25, 0.3) is 0 Å². The first-order chi connectivity index (χ1) is 8.61. The first-order valence-electron chi connectivity index (χ1n) is 6.56. The minimum absolute atomic E-state index is 0.107. The Kier molecular flexibility index (Phi) is 3.93. The lowest BCUT2D eigenvalue weighted by Gasteiger charge is -2.41. The number of hydrogen-bond acceptors (Lipinski definition) is 3. The van der Waals surface area contributed by atoms with Crippen molar-refractivity contribution in [1.82, 2.24) is 4.90 Å². The van der Waals surface area contributed by atoms with Gasteiger partial charge in [-0.3, -0.25) is 0 Å². The number of aliphatic hydroxyl groups excluding tert-OH is 1. The number of likely N-dealkylation sites (tertiary alicyclic amines) is 1. The summed E-state index contributed by atoms with van der Waals surface area (Å²) >= 11 is 0. The highest BCUT2D eigenvalue weighted by Gasteiger charge is 2.35. The summed E-state index contributed by atoms with van der Waals surface area (Å²) in [4.78, 5) is 2.30. The van der Waals surface area contributed by atoms with Crippen molar-refractivity contribution < 1.29 is 9.84 Å². The number of rotatable bonds is 3. The SMILES string of the molecule is COc1ccc(C2(CO)CCCN(C)C2)cc1C. The second kappa shape index (κ2) is 5.29. The van der Waals surface area contributed by atoms with Crippen LogP contribution in [0, 0.1) is 6.92 Å². The van der Waals surface area contributed by atoms with E-state index in [4.69, 9.17) is 4.74 Å². The molecule has 0 amide bonds. The molecule has 1 heterocycles. The zero-order valence-corrected chi connectivity index (χ0v) is 11.6. The topological polar surface area (TPSA) is 32.7 Å². The average Bonchev–Trinajstić information content (AvgIpc) is 2.38. The summed E-state index contributed by atoms with van der Waals surface area (Å²) in [6, 6.07) is 6.27. The Morgan fingerprint density at radius 3 is 2.78 bits per heavy atom. The molecule has 3 heteroatoms. The van der Waals surface area contributed by atoms with Crippen molar-refractivity contribution in [1.29, 1.82) is 0 Å². The van der Waals surface area contributed by atoms with Crippen LogP contribution in [-0.4, -0.2) is 43.9 Å². The lowest BCUT2D eigenvalue weighted by molar-refractivity contribution is 0.105. The molecule has 0 bridgehead atoms. The van der Waals surface area contributed by atoms with E-state index in [9.17, 15) is 5.11 Å². The van der Waals surface area contributed by atoms with Crippen LogP contribution in [0.15, 0.2) is 18.2 Å². The predicted molar refractivity (Wildman–Crippen MR) is 73.2 cm³/mol. The molecule has 1 aromatic rings. The van der Waals surface area contributed by atoms with Gasteiger partial charge in [0.15, 0.2) is 0 Å². The van der Waals surface area contributed by atoms with E-state index in [-0.39, 0.29) is 12.0 Å². The Labute approximate surface area is 109 Å². The fraction of sp³-hybridized carbons (Fsp3) is 0.600. The molecule has 1 unspecified atom stereocenters. The van der Waals surface area contributed by atoms with E-state index in [1.165, 1.54) is 5.56 Å². The summed E-state index contributed by atoms with van der Waals surface area (Å²) in [5.74, 6) is 0.913. The van der Waals surface area contributed by atoms with Gasteiger partial charge in [-0.1, -0.05) is 12.1 Å². The van der Waals surface area contributed by atoms with Gasteiger partial charge >= 0.3 is 0 Å². The van der Waals surface area contributed by atoms with Crippen molar-refractivity contribution in [3.8, 4) is 5.75 Å². The zero-order chi connectivity index (χ0) is 13.2. The summed E-state index contributed by atoms with van der Waals surface area (Å²) in [5.41, 5.74) is 2.26. The molecule has 100 valence electrons. The number of piperidine rings is 1. The number of nitrogens with zero attached hydrogens (tertiary/aromatic N) is 1. The molecule has 1 aliphatic rings. The monoisotopic (exact) mass is 249 g/mol. The number of methoxy groups -OCH3 is 1. The molecule has 0 aromatic heterocycles. The first-order valence-corrected chi connectivity index (χ1v) is 6.56. The molecule has 2 rings (SSSR count). The fourth-order valence-electron chi connectivity index (χ4n) is 3.03. The third-order valence-electron chi connectivity index (χ3n) is 4.08. The third-order valence-corrected chi connectivity index (χ3v) is 4.08. The molecule has 0 radical (unpaired) electrons. The van der Waals surface area contributed by atoms with E-state index in [1.807, 2.05) is 6.07 Å². The van der Waals surface area contributed by atoms with E-state index in [0.29, 0.717) is 0 Å². The van der Waals surface area contributed by atoms with Gasteiger partial charge in [0, 0.05) is 12.0 Å². The lowest BCUT2D eigenvalue weighted by atomic mass is 9.74. The molecule has 3 nitrogen and oxygen atoms in total. The number of aliphatic hydroxyl groups is 1. The normalized spacial score (nSPS) is 25.1. The number of ether oxygens (including phenoxy) is 1. The summed E-state index contributed by atoms with van der Waals surface area (Å²) in [6.07, 6.45) is 2.20. The van der Waals surface area contributed by atoms with Gasteiger partial charge in [-0.15, -0.1) is 0 Å². The Morgan fingerprint density at radius 1 is 1.44 bits per heavy atom. The van der Waals surface area contributed by atoms with Crippen LogP contribution in [0.4, 0.5) is 0 Å². The number of aryl methyl sites for hydroxylation is 1. The number of hydrogen-bond donors (Lipinski definition) is 1. The van der Waals surface area contributed by atoms with Gasteiger partial charge in [-0.2, -0.15) is 0 Å². The minimum Gasteiger partial charge on any atom is -0.496 e. The van der Waals surface area contributed by atoms with Gasteiger partial charge in [0.05, 0.1) is 13.7 Å². The molecule has 1 aliphatic heterocycles. The predicted octanol–water partition coefficient (Wildman–Crippen LogP) is 1.96. The van der Waals surface area contributed by atoms with Gasteiger partial charge in [0.25, 0.3) is 0 Å². The quantitative estimate of drug-likeness (QED) is 0.889. The Balaban J connectivity index is 2.35.